The quantitative estimate of drug-likeness (QED) is 0.713. The van der Waals surface area contributed by atoms with Crippen LogP contribution in [0.15, 0.2) is 0 Å². The van der Waals surface area contributed by atoms with Gasteiger partial charge in [-0.15, -0.1) is 0 Å². The number of hydrogen-bond acceptors (Lipinski definition) is 3. The van der Waals surface area contributed by atoms with Crippen molar-refractivity contribution < 1.29 is 9.47 Å². The lowest BCUT2D eigenvalue weighted by molar-refractivity contribution is -0.0189. The van der Waals surface area contributed by atoms with Crippen molar-refractivity contribution >= 4 is 0 Å². The molecule has 0 aliphatic heterocycles. The molecule has 1 aliphatic carbocycles. The summed E-state index contributed by atoms with van der Waals surface area (Å²) in [5.41, 5.74) is 6.36. The Morgan fingerprint density at radius 2 is 2.00 bits per heavy atom. The van der Waals surface area contributed by atoms with Crippen LogP contribution < -0.4 is 5.73 Å². The van der Waals surface area contributed by atoms with Crippen molar-refractivity contribution in [1.29, 1.82) is 0 Å². The third kappa shape index (κ3) is 3.74. The predicted molar refractivity (Wildman–Crippen MR) is 61.8 cm³/mol. The second-order valence-electron chi connectivity index (χ2n) is 5.38. The van der Waals surface area contributed by atoms with E-state index in [1.165, 1.54) is 0 Å². The Morgan fingerprint density at radius 3 is 2.47 bits per heavy atom. The molecular formula is C12H25NO2. The van der Waals surface area contributed by atoms with Crippen LogP contribution in [0.4, 0.5) is 0 Å². The second-order valence-corrected chi connectivity index (χ2v) is 5.38. The van der Waals surface area contributed by atoms with Gasteiger partial charge in [-0.2, -0.15) is 0 Å². The highest BCUT2D eigenvalue weighted by atomic mass is 16.5. The van der Waals surface area contributed by atoms with Crippen LogP contribution in [-0.4, -0.2) is 31.5 Å². The number of rotatable bonds is 5. The summed E-state index contributed by atoms with van der Waals surface area (Å²) in [7, 11) is 0. The summed E-state index contributed by atoms with van der Waals surface area (Å²) in [6, 6.07) is 0.163. The standard InChI is InChI=1S/C12H25NO2/c1-9(2)14-7-8-15-10-5-6-12(3,4)11(10)13/h9-11H,5-8,13H2,1-4H3. The minimum atomic E-state index is 0.163. The minimum Gasteiger partial charge on any atom is -0.376 e. The van der Waals surface area contributed by atoms with E-state index in [4.69, 9.17) is 15.2 Å². The van der Waals surface area contributed by atoms with Gasteiger partial charge >= 0.3 is 0 Å². The lowest BCUT2D eigenvalue weighted by Gasteiger charge is -2.26. The summed E-state index contributed by atoms with van der Waals surface area (Å²) in [5.74, 6) is 0. The molecular weight excluding hydrogens is 190 g/mol. The SMILES string of the molecule is CC(C)OCCOC1CCC(C)(C)C1N. The van der Waals surface area contributed by atoms with Crippen LogP contribution in [0, 0.1) is 5.41 Å². The largest absolute Gasteiger partial charge is 0.376 e. The maximum atomic E-state index is 6.13. The predicted octanol–water partition coefficient (Wildman–Crippen LogP) is 1.94. The Kier molecular flexibility index (Phi) is 4.56. The van der Waals surface area contributed by atoms with Crippen LogP contribution in [0.3, 0.4) is 0 Å². The number of ether oxygens (including phenoxy) is 2. The molecule has 3 heteroatoms. The molecule has 0 spiro atoms. The molecule has 0 aromatic rings. The van der Waals surface area contributed by atoms with Crippen molar-refractivity contribution in [2.24, 2.45) is 11.1 Å². The van der Waals surface area contributed by atoms with Gasteiger partial charge in [0.2, 0.25) is 0 Å². The Balaban J connectivity index is 2.18. The lowest BCUT2D eigenvalue weighted by atomic mass is 9.88. The van der Waals surface area contributed by atoms with Gasteiger partial charge in [0.15, 0.2) is 0 Å². The fourth-order valence-corrected chi connectivity index (χ4v) is 2.03. The van der Waals surface area contributed by atoms with Gasteiger partial charge in [-0.05, 0) is 32.1 Å². The van der Waals surface area contributed by atoms with E-state index in [1.54, 1.807) is 0 Å². The first-order valence-corrected chi connectivity index (χ1v) is 5.92. The van der Waals surface area contributed by atoms with E-state index in [0.29, 0.717) is 13.2 Å². The summed E-state index contributed by atoms with van der Waals surface area (Å²) in [6.07, 6.45) is 2.73. The van der Waals surface area contributed by atoms with E-state index in [2.05, 4.69) is 13.8 Å². The molecule has 1 fully saturated rings. The molecule has 1 saturated carbocycles. The highest BCUT2D eigenvalue weighted by molar-refractivity contribution is 4.94. The molecule has 15 heavy (non-hydrogen) atoms. The van der Waals surface area contributed by atoms with Gasteiger partial charge in [-0.1, -0.05) is 13.8 Å². The average Bonchev–Trinajstić information content (AvgIpc) is 2.38. The van der Waals surface area contributed by atoms with Gasteiger partial charge in [0.1, 0.15) is 0 Å². The van der Waals surface area contributed by atoms with Crippen molar-refractivity contribution in [3.05, 3.63) is 0 Å². The maximum Gasteiger partial charge on any atom is 0.0732 e. The van der Waals surface area contributed by atoms with Crippen molar-refractivity contribution in [2.45, 2.75) is 58.8 Å². The first-order valence-electron chi connectivity index (χ1n) is 5.92. The van der Waals surface area contributed by atoms with Crippen LogP contribution in [0.1, 0.15) is 40.5 Å². The van der Waals surface area contributed by atoms with E-state index < -0.39 is 0 Å². The Hall–Kier alpha value is -0.120. The van der Waals surface area contributed by atoms with E-state index in [-0.39, 0.29) is 23.7 Å². The Bertz CT molecular complexity index is 192. The van der Waals surface area contributed by atoms with Crippen LogP contribution >= 0.6 is 0 Å². The number of hydrogen-bond donors (Lipinski definition) is 1. The molecule has 1 aliphatic rings. The summed E-state index contributed by atoms with van der Waals surface area (Å²) in [4.78, 5) is 0. The fraction of sp³-hybridized carbons (Fsp3) is 1.00. The van der Waals surface area contributed by atoms with E-state index in [0.717, 1.165) is 12.8 Å². The molecule has 3 nitrogen and oxygen atoms in total. The molecule has 2 atom stereocenters. The van der Waals surface area contributed by atoms with Crippen LogP contribution in [0.2, 0.25) is 0 Å². The van der Waals surface area contributed by atoms with Crippen molar-refractivity contribution in [3.8, 4) is 0 Å². The normalized spacial score (nSPS) is 30.0. The van der Waals surface area contributed by atoms with Gasteiger partial charge in [0.05, 0.1) is 25.4 Å². The number of nitrogens with two attached hydrogens (primary N) is 1. The fourth-order valence-electron chi connectivity index (χ4n) is 2.03. The van der Waals surface area contributed by atoms with Crippen LogP contribution in [0.5, 0.6) is 0 Å². The molecule has 0 aromatic carbocycles. The summed E-state index contributed by atoms with van der Waals surface area (Å²) in [5, 5.41) is 0. The van der Waals surface area contributed by atoms with E-state index in [9.17, 15) is 0 Å². The minimum absolute atomic E-state index is 0.163. The molecule has 90 valence electrons. The monoisotopic (exact) mass is 215 g/mol. The zero-order valence-corrected chi connectivity index (χ0v) is 10.5. The molecule has 0 saturated heterocycles. The van der Waals surface area contributed by atoms with Gasteiger partial charge in [-0.3, -0.25) is 0 Å². The molecule has 0 aromatic heterocycles. The Morgan fingerprint density at radius 1 is 1.33 bits per heavy atom. The first-order chi connectivity index (χ1) is 6.93. The van der Waals surface area contributed by atoms with Crippen LogP contribution in [0.25, 0.3) is 0 Å². The average molecular weight is 215 g/mol. The molecule has 0 amide bonds. The van der Waals surface area contributed by atoms with Gasteiger partial charge in [-0.25, -0.2) is 0 Å². The zero-order chi connectivity index (χ0) is 11.5. The van der Waals surface area contributed by atoms with Crippen LogP contribution in [-0.2, 0) is 9.47 Å². The second kappa shape index (κ2) is 5.28. The smallest absolute Gasteiger partial charge is 0.0732 e. The van der Waals surface area contributed by atoms with E-state index >= 15 is 0 Å². The highest BCUT2D eigenvalue weighted by Gasteiger charge is 2.39. The van der Waals surface area contributed by atoms with Gasteiger partial charge in [0, 0.05) is 6.04 Å². The zero-order valence-electron chi connectivity index (χ0n) is 10.5. The van der Waals surface area contributed by atoms with Crippen molar-refractivity contribution in [1.82, 2.24) is 0 Å². The maximum absolute atomic E-state index is 6.13. The lowest BCUT2D eigenvalue weighted by Crippen LogP contribution is -2.41. The topological polar surface area (TPSA) is 44.5 Å². The highest BCUT2D eigenvalue weighted by Crippen LogP contribution is 2.37. The molecule has 1 rings (SSSR count). The van der Waals surface area contributed by atoms with Crippen molar-refractivity contribution in [3.63, 3.8) is 0 Å². The molecule has 0 heterocycles. The summed E-state index contributed by atoms with van der Waals surface area (Å²) < 4.78 is 11.2. The molecule has 2 unspecified atom stereocenters. The Labute approximate surface area is 93.3 Å². The van der Waals surface area contributed by atoms with Gasteiger partial charge in [0.25, 0.3) is 0 Å². The molecule has 2 N–H and O–H groups in total. The molecule has 0 bridgehead atoms. The third-order valence-corrected chi connectivity index (χ3v) is 3.24. The van der Waals surface area contributed by atoms with Crippen molar-refractivity contribution in [2.75, 3.05) is 13.2 Å². The molecule has 0 radical (unpaired) electrons. The van der Waals surface area contributed by atoms with E-state index in [1.807, 2.05) is 13.8 Å². The summed E-state index contributed by atoms with van der Waals surface area (Å²) >= 11 is 0. The first kappa shape index (κ1) is 12.9. The summed E-state index contributed by atoms with van der Waals surface area (Å²) in [6.45, 7) is 9.82. The third-order valence-electron chi connectivity index (χ3n) is 3.24. The van der Waals surface area contributed by atoms with Gasteiger partial charge < -0.3 is 15.2 Å².